The molecule has 0 saturated carbocycles. The summed E-state index contributed by atoms with van der Waals surface area (Å²) in [5, 5.41) is 11.4. The molecular formula is C8H16N2O2. The van der Waals surface area contributed by atoms with Gasteiger partial charge in [-0.25, -0.2) is 4.79 Å². The molecule has 0 aromatic rings. The molecule has 1 aliphatic heterocycles. The van der Waals surface area contributed by atoms with Crippen LogP contribution in [0.4, 0.5) is 4.79 Å². The quantitative estimate of drug-likeness (QED) is 0.586. The molecule has 0 spiro atoms. The molecule has 1 rings (SSSR count). The molecule has 1 heterocycles. The maximum atomic E-state index is 11.1. The molecule has 0 unspecified atom stereocenters. The molecule has 0 aliphatic carbocycles. The van der Waals surface area contributed by atoms with Crippen molar-refractivity contribution in [3.8, 4) is 0 Å². The van der Waals surface area contributed by atoms with Crippen LogP contribution in [0.2, 0.25) is 0 Å². The Balaban J connectivity index is 2.30. The summed E-state index contributed by atoms with van der Waals surface area (Å²) in [4.78, 5) is 12.9. The number of aliphatic hydroxyl groups is 1. The molecule has 4 nitrogen and oxygen atoms in total. The zero-order valence-corrected chi connectivity index (χ0v) is 7.42. The molecule has 70 valence electrons. The molecule has 12 heavy (non-hydrogen) atoms. The van der Waals surface area contributed by atoms with Gasteiger partial charge in [-0.15, -0.1) is 0 Å². The van der Waals surface area contributed by atoms with E-state index in [1.54, 1.807) is 11.9 Å². The number of aliphatic hydroxyl groups excluding tert-OH is 1. The van der Waals surface area contributed by atoms with Gasteiger partial charge < -0.3 is 15.3 Å². The van der Waals surface area contributed by atoms with Gasteiger partial charge in [0.25, 0.3) is 0 Å². The van der Waals surface area contributed by atoms with Crippen LogP contribution in [-0.2, 0) is 0 Å². The zero-order valence-electron chi connectivity index (χ0n) is 7.42. The fourth-order valence-corrected chi connectivity index (χ4v) is 1.48. The van der Waals surface area contributed by atoms with Crippen molar-refractivity contribution in [2.75, 3.05) is 26.7 Å². The maximum absolute atomic E-state index is 11.1. The first-order valence-corrected chi connectivity index (χ1v) is 4.35. The highest BCUT2D eigenvalue weighted by molar-refractivity contribution is 5.73. The molecule has 0 aromatic heterocycles. The minimum absolute atomic E-state index is 0.00797. The SMILES string of the molecule is CNC(=O)N1CCC(CO)CC1. The van der Waals surface area contributed by atoms with Crippen LogP contribution in [0, 0.1) is 5.92 Å². The summed E-state index contributed by atoms with van der Waals surface area (Å²) in [6, 6.07) is -0.00797. The van der Waals surface area contributed by atoms with Crippen molar-refractivity contribution >= 4 is 6.03 Å². The van der Waals surface area contributed by atoms with Gasteiger partial charge in [-0.05, 0) is 18.8 Å². The molecule has 4 heteroatoms. The van der Waals surface area contributed by atoms with E-state index in [-0.39, 0.29) is 12.6 Å². The standard InChI is InChI=1S/C8H16N2O2/c1-9-8(12)10-4-2-7(6-11)3-5-10/h7,11H,2-6H2,1H3,(H,9,12). The summed E-state index contributed by atoms with van der Waals surface area (Å²) in [5.41, 5.74) is 0. The largest absolute Gasteiger partial charge is 0.396 e. The van der Waals surface area contributed by atoms with Gasteiger partial charge in [0, 0.05) is 26.7 Å². The smallest absolute Gasteiger partial charge is 0.317 e. The Labute approximate surface area is 72.6 Å². The first-order valence-electron chi connectivity index (χ1n) is 4.35. The van der Waals surface area contributed by atoms with Crippen LogP contribution < -0.4 is 5.32 Å². The number of hydrogen-bond acceptors (Lipinski definition) is 2. The van der Waals surface area contributed by atoms with Crippen LogP contribution in [-0.4, -0.2) is 42.8 Å². The third-order valence-corrected chi connectivity index (χ3v) is 2.37. The Kier molecular flexibility index (Phi) is 3.34. The fourth-order valence-electron chi connectivity index (χ4n) is 1.48. The van der Waals surface area contributed by atoms with E-state index in [4.69, 9.17) is 5.11 Å². The van der Waals surface area contributed by atoms with Crippen molar-refractivity contribution < 1.29 is 9.90 Å². The monoisotopic (exact) mass is 172 g/mol. The molecule has 2 amide bonds. The Hall–Kier alpha value is -0.770. The first kappa shape index (κ1) is 9.32. The van der Waals surface area contributed by atoms with Crippen LogP contribution in [0.15, 0.2) is 0 Å². The zero-order chi connectivity index (χ0) is 8.97. The van der Waals surface area contributed by atoms with E-state index in [0.29, 0.717) is 5.92 Å². The summed E-state index contributed by atoms with van der Waals surface area (Å²) >= 11 is 0. The van der Waals surface area contributed by atoms with E-state index in [1.807, 2.05) is 0 Å². The number of nitrogens with one attached hydrogen (secondary N) is 1. The van der Waals surface area contributed by atoms with Crippen LogP contribution in [0.25, 0.3) is 0 Å². The van der Waals surface area contributed by atoms with Crippen molar-refractivity contribution in [3.63, 3.8) is 0 Å². The van der Waals surface area contributed by atoms with Gasteiger partial charge >= 0.3 is 6.03 Å². The van der Waals surface area contributed by atoms with E-state index in [9.17, 15) is 4.79 Å². The maximum Gasteiger partial charge on any atom is 0.317 e. The predicted octanol–water partition coefficient (Wildman–Crippen LogP) is 0.0301. The van der Waals surface area contributed by atoms with E-state index in [1.165, 1.54) is 0 Å². The number of carbonyl (C=O) groups is 1. The van der Waals surface area contributed by atoms with Gasteiger partial charge in [0.2, 0.25) is 0 Å². The summed E-state index contributed by atoms with van der Waals surface area (Å²) in [6.07, 6.45) is 1.84. The van der Waals surface area contributed by atoms with Crippen molar-refractivity contribution in [2.45, 2.75) is 12.8 Å². The molecule has 0 aromatic carbocycles. The number of amides is 2. The van der Waals surface area contributed by atoms with Crippen molar-refractivity contribution in [3.05, 3.63) is 0 Å². The highest BCUT2D eigenvalue weighted by atomic mass is 16.3. The second kappa shape index (κ2) is 4.30. The lowest BCUT2D eigenvalue weighted by molar-refractivity contribution is 0.138. The van der Waals surface area contributed by atoms with Gasteiger partial charge in [-0.2, -0.15) is 0 Å². The van der Waals surface area contributed by atoms with Gasteiger partial charge in [0.1, 0.15) is 0 Å². The van der Waals surface area contributed by atoms with E-state index >= 15 is 0 Å². The van der Waals surface area contributed by atoms with Gasteiger partial charge in [0.15, 0.2) is 0 Å². The molecule has 1 fully saturated rings. The molecule has 0 radical (unpaired) electrons. The van der Waals surface area contributed by atoms with Gasteiger partial charge in [-0.1, -0.05) is 0 Å². The third kappa shape index (κ3) is 2.11. The van der Waals surface area contributed by atoms with E-state index < -0.39 is 0 Å². The first-order chi connectivity index (χ1) is 5.77. The normalized spacial score (nSPS) is 19.3. The van der Waals surface area contributed by atoms with Crippen molar-refractivity contribution in [1.82, 2.24) is 10.2 Å². The van der Waals surface area contributed by atoms with Crippen LogP contribution in [0.5, 0.6) is 0 Å². The lowest BCUT2D eigenvalue weighted by Gasteiger charge is -2.30. The van der Waals surface area contributed by atoms with Gasteiger partial charge in [0.05, 0.1) is 0 Å². The number of hydrogen-bond donors (Lipinski definition) is 2. The molecule has 2 N–H and O–H groups in total. The summed E-state index contributed by atoms with van der Waals surface area (Å²) in [6.45, 7) is 1.79. The average molecular weight is 172 g/mol. The number of piperidine rings is 1. The Bertz CT molecular complexity index is 153. The van der Waals surface area contributed by atoms with Crippen molar-refractivity contribution in [2.24, 2.45) is 5.92 Å². The van der Waals surface area contributed by atoms with Gasteiger partial charge in [-0.3, -0.25) is 0 Å². The minimum atomic E-state index is -0.00797. The second-order valence-corrected chi connectivity index (χ2v) is 3.17. The fraction of sp³-hybridized carbons (Fsp3) is 0.875. The molecule has 0 atom stereocenters. The lowest BCUT2D eigenvalue weighted by Crippen LogP contribution is -2.43. The number of likely N-dealkylation sites (tertiary alicyclic amines) is 1. The minimum Gasteiger partial charge on any atom is -0.396 e. The number of nitrogens with zero attached hydrogens (tertiary/aromatic N) is 1. The Morgan fingerprint density at radius 3 is 2.58 bits per heavy atom. The second-order valence-electron chi connectivity index (χ2n) is 3.17. The summed E-state index contributed by atoms with van der Waals surface area (Å²) in [7, 11) is 1.64. The lowest BCUT2D eigenvalue weighted by atomic mass is 9.98. The van der Waals surface area contributed by atoms with Crippen molar-refractivity contribution in [1.29, 1.82) is 0 Å². The van der Waals surface area contributed by atoms with Crippen LogP contribution in [0.1, 0.15) is 12.8 Å². The highest BCUT2D eigenvalue weighted by Crippen LogP contribution is 2.15. The Morgan fingerprint density at radius 2 is 2.17 bits per heavy atom. The van der Waals surface area contributed by atoms with E-state index in [0.717, 1.165) is 25.9 Å². The number of urea groups is 1. The average Bonchev–Trinajstić information content (AvgIpc) is 2.17. The number of rotatable bonds is 1. The third-order valence-electron chi connectivity index (χ3n) is 2.37. The molecule has 1 saturated heterocycles. The number of carbonyl (C=O) groups excluding carboxylic acids is 1. The summed E-state index contributed by atoms with van der Waals surface area (Å²) < 4.78 is 0. The Morgan fingerprint density at radius 1 is 1.58 bits per heavy atom. The highest BCUT2D eigenvalue weighted by Gasteiger charge is 2.20. The topological polar surface area (TPSA) is 52.6 Å². The van der Waals surface area contributed by atoms with Crippen LogP contribution in [0.3, 0.4) is 0 Å². The van der Waals surface area contributed by atoms with Crippen LogP contribution >= 0.6 is 0 Å². The van der Waals surface area contributed by atoms with E-state index in [2.05, 4.69) is 5.32 Å². The molecule has 0 bridgehead atoms. The predicted molar refractivity (Wildman–Crippen MR) is 45.8 cm³/mol. The summed E-state index contributed by atoms with van der Waals surface area (Å²) in [5.74, 6) is 0.394. The molecule has 1 aliphatic rings. The molecular weight excluding hydrogens is 156 g/mol.